The molecule has 2 saturated heterocycles. The number of halogens is 1. The van der Waals surface area contributed by atoms with Gasteiger partial charge in [0.25, 0.3) is 0 Å². The Morgan fingerprint density at radius 2 is 2.18 bits per heavy atom. The summed E-state index contributed by atoms with van der Waals surface area (Å²) < 4.78 is 25.0. The molecular weight excluding hydrogens is 287 g/mol. The lowest BCUT2D eigenvalue weighted by Gasteiger charge is -2.24. The zero-order chi connectivity index (χ0) is 15.2. The smallest absolute Gasteiger partial charge is 0.318 e. The second-order valence-electron chi connectivity index (χ2n) is 6.13. The number of hydrogen-bond acceptors (Lipinski definition) is 3. The Bertz CT molecular complexity index is 601. The van der Waals surface area contributed by atoms with Crippen LogP contribution < -0.4 is 5.32 Å². The Morgan fingerprint density at radius 1 is 1.36 bits per heavy atom. The summed E-state index contributed by atoms with van der Waals surface area (Å²) in [6.07, 6.45) is 2.12. The van der Waals surface area contributed by atoms with Crippen molar-refractivity contribution in [3.8, 4) is 0 Å². The fourth-order valence-electron chi connectivity index (χ4n) is 3.66. The molecular formula is C16H19FN2O3. The number of benzene rings is 1. The van der Waals surface area contributed by atoms with Crippen LogP contribution in [0, 0.1) is 5.82 Å². The molecule has 0 aromatic heterocycles. The van der Waals surface area contributed by atoms with Gasteiger partial charge in [0.15, 0.2) is 5.79 Å². The number of likely N-dealkylation sites (tertiary alicyclic amines) is 1. The van der Waals surface area contributed by atoms with Crippen LogP contribution in [-0.4, -0.2) is 43.0 Å². The molecule has 1 aromatic rings. The van der Waals surface area contributed by atoms with Gasteiger partial charge in [-0.2, -0.15) is 0 Å². The fraction of sp³-hybridized carbons (Fsp3) is 0.562. The van der Waals surface area contributed by atoms with Crippen LogP contribution in [0.1, 0.15) is 30.0 Å². The van der Waals surface area contributed by atoms with E-state index in [2.05, 4.69) is 5.32 Å². The van der Waals surface area contributed by atoms with Crippen LogP contribution in [0.4, 0.5) is 9.18 Å². The van der Waals surface area contributed by atoms with E-state index in [0.717, 1.165) is 17.5 Å². The number of carbonyl (C=O) groups is 1. The van der Waals surface area contributed by atoms with Crippen LogP contribution >= 0.6 is 0 Å². The van der Waals surface area contributed by atoms with Crippen molar-refractivity contribution in [1.82, 2.24) is 10.2 Å². The molecule has 6 heteroatoms. The van der Waals surface area contributed by atoms with Crippen LogP contribution in [0.15, 0.2) is 18.2 Å². The molecule has 22 heavy (non-hydrogen) atoms. The first-order chi connectivity index (χ1) is 10.7. The summed E-state index contributed by atoms with van der Waals surface area (Å²) in [5.74, 6) is -0.779. The summed E-state index contributed by atoms with van der Waals surface area (Å²) in [5, 5.41) is 3.02. The molecule has 0 unspecified atom stereocenters. The normalized spacial score (nSPS) is 25.7. The number of rotatable bonds is 1. The first-order valence-corrected chi connectivity index (χ1v) is 7.78. The van der Waals surface area contributed by atoms with Crippen LogP contribution in [0.5, 0.6) is 0 Å². The van der Waals surface area contributed by atoms with E-state index in [1.807, 2.05) is 6.07 Å². The molecule has 5 nitrogen and oxygen atoms in total. The van der Waals surface area contributed by atoms with Crippen LogP contribution in [0.3, 0.4) is 0 Å². The average Bonchev–Trinajstić information content (AvgIpc) is 3.22. The van der Waals surface area contributed by atoms with E-state index in [9.17, 15) is 9.18 Å². The van der Waals surface area contributed by atoms with Gasteiger partial charge in [-0.15, -0.1) is 0 Å². The molecule has 2 fully saturated rings. The maximum absolute atomic E-state index is 13.7. The van der Waals surface area contributed by atoms with Crippen LogP contribution in [-0.2, 0) is 15.9 Å². The first-order valence-electron chi connectivity index (χ1n) is 7.78. The van der Waals surface area contributed by atoms with Gasteiger partial charge >= 0.3 is 6.03 Å². The average molecular weight is 306 g/mol. The molecule has 2 heterocycles. The first kappa shape index (κ1) is 14.0. The van der Waals surface area contributed by atoms with Crippen molar-refractivity contribution in [2.75, 3.05) is 26.3 Å². The highest BCUT2D eigenvalue weighted by Gasteiger charge is 2.45. The summed E-state index contributed by atoms with van der Waals surface area (Å²) >= 11 is 0. The van der Waals surface area contributed by atoms with Gasteiger partial charge in [-0.3, -0.25) is 0 Å². The Hall–Kier alpha value is -1.66. The Balaban J connectivity index is 1.43. The number of ether oxygens (including phenoxy) is 2. The van der Waals surface area contributed by atoms with Crippen LogP contribution in [0.2, 0.25) is 0 Å². The summed E-state index contributed by atoms with van der Waals surface area (Å²) in [6, 6.07) is 4.83. The van der Waals surface area contributed by atoms with Gasteiger partial charge in [-0.25, -0.2) is 9.18 Å². The number of fused-ring (bicyclic) bond motifs is 1. The number of amides is 2. The summed E-state index contributed by atoms with van der Waals surface area (Å²) in [6.45, 7) is 2.26. The zero-order valence-electron chi connectivity index (χ0n) is 12.3. The maximum atomic E-state index is 13.7. The Morgan fingerprint density at radius 3 is 3.00 bits per heavy atom. The minimum Gasteiger partial charge on any atom is -0.346 e. The van der Waals surface area contributed by atoms with Crippen molar-refractivity contribution in [3.63, 3.8) is 0 Å². The van der Waals surface area contributed by atoms with E-state index < -0.39 is 5.79 Å². The van der Waals surface area contributed by atoms with Gasteiger partial charge in [0.05, 0.1) is 25.8 Å². The van der Waals surface area contributed by atoms with Crippen molar-refractivity contribution >= 4 is 6.03 Å². The predicted molar refractivity (Wildman–Crippen MR) is 76.8 cm³/mol. The molecule has 0 saturated carbocycles. The zero-order valence-corrected chi connectivity index (χ0v) is 12.3. The molecule has 2 amide bonds. The van der Waals surface area contributed by atoms with Gasteiger partial charge in [-0.05, 0) is 30.0 Å². The Labute approximate surface area is 128 Å². The maximum Gasteiger partial charge on any atom is 0.318 e. The second-order valence-corrected chi connectivity index (χ2v) is 6.13. The summed E-state index contributed by atoms with van der Waals surface area (Å²) in [5.41, 5.74) is 1.63. The van der Waals surface area contributed by atoms with E-state index >= 15 is 0 Å². The fourth-order valence-corrected chi connectivity index (χ4v) is 3.66. The quantitative estimate of drug-likeness (QED) is 0.863. The highest BCUT2D eigenvalue weighted by molar-refractivity contribution is 5.75. The molecule has 3 aliphatic rings. The monoisotopic (exact) mass is 306 g/mol. The number of carbonyl (C=O) groups excluding carboxylic acids is 1. The van der Waals surface area contributed by atoms with Crippen molar-refractivity contribution in [1.29, 1.82) is 0 Å². The van der Waals surface area contributed by atoms with Crippen molar-refractivity contribution in [2.24, 2.45) is 0 Å². The highest BCUT2D eigenvalue weighted by atomic mass is 19.1. The standard InChI is InChI=1S/C16H19FN2O3/c17-13-3-1-2-12-11(13)4-5-14(12)18-15(20)19-7-6-16(10-19)21-8-9-22-16/h1-3,14H,4-10H2,(H,18,20)/t14-/m1/s1. The lowest BCUT2D eigenvalue weighted by atomic mass is 10.1. The van der Waals surface area contributed by atoms with E-state index in [4.69, 9.17) is 9.47 Å². The lowest BCUT2D eigenvalue weighted by Crippen LogP contribution is -2.43. The second kappa shape index (κ2) is 5.21. The van der Waals surface area contributed by atoms with Gasteiger partial charge in [-0.1, -0.05) is 12.1 Å². The summed E-state index contributed by atoms with van der Waals surface area (Å²) in [7, 11) is 0. The SMILES string of the molecule is O=C(N[C@@H]1CCc2c(F)cccc21)N1CCC2(C1)OCCO2. The number of nitrogens with one attached hydrogen (secondary N) is 1. The molecule has 1 N–H and O–H groups in total. The molecule has 2 aliphatic heterocycles. The highest BCUT2D eigenvalue weighted by Crippen LogP contribution is 2.34. The lowest BCUT2D eigenvalue weighted by molar-refractivity contribution is -0.143. The number of urea groups is 1. The molecule has 1 atom stereocenters. The third-order valence-electron chi connectivity index (χ3n) is 4.81. The summed E-state index contributed by atoms with van der Waals surface area (Å²) in [4.78, 5) is 14.2. The third-order valence-corrected chi connectivity index (χ3v) is 4.81. The molecule has 0 radical (unpaired) electrons. The van der Waals surface area contributed by atoms with E-state index in [-0.39, 0.29) is 17.9 Å². The van der Waals surface area contributed by atoms with Gasteiger partial charge in [0, 0.05) is 13.0 Å². The van der Waals surface area contributed by atoms with Gasteiger partial charge in [0.2, 0.25) is 0 Å². The van der Waals surface area contributed by atoms with Gasteiger partial charge in [0.1, 0.15) is 5.82 Å². The van der Waals surface area contributed by atoms with Crippen LogP contribution in [0.25, 0.3) is 0 Å². The van der Waals surface area contributed by atoms with Crippen molar-refractivity contribution < 1.29 is 18.7 Å². The van der Waals surface area contributed by atoms with E-state index in [1.54, 1.807) is 11.0 Å². The topological polar surface area (TPSA) is 50.8 Å². The largest absolute Gasteiger partial charge is 0.346 e. The van der Waals surface area contributed by atoms with Gasteiger partial charge < -0.3 is 19.7 Å². The van der Waals surface area contributed by atoms with E-state index in [0.29, 0.717) is 39.1 Å². The molecule has 1 aliphatic carbocycles. The minimum absolute atomic E-state index is 0.111. The van der Waals surface area contributed by atoms with Crippen molar-refractivity contribution in [3.05, 3.63) is 35.1 Å². The molecule has 0 bridgehead atoms. The molecule has 118 valence electrons. The van der Waals surface area contributed by atoms with Crippen molar-refractivity contribution in [2.45, 2.75) is 31.1 Å². The predicted octanol–water partition coefficient (Wildman–Crippen LogP) is 1.97. The molecule has 1 aromatic carbocycles. The molecule has 4 rings (SSSR count). The third kappa shape index (κ3) is 2.27. The minimum atomic E-state index is -0.600. The molecule has 1 spiro atoms. The number of nitrogens with zero attached hydrogens (tertiary/aromatic N) is 1. The number of hydrogen-bond donors (Lipinski definition) is 1. The van der Waals surface area contributed by atoms with E-state index in [1.165, 1.54) is 6.07 Å². The Kier molecular flexibility index (Phi) is 3.31.